The van der Waals surface area contributed by atoms with Gasteiger partial charge in [0.1, 0.15) is 12.1 Å². The van der Waals surface area contributed by atoms with Crippen molar-refractivity contribution < 1.29 is 29.4 Å². The van der Waals surface area contributed by atoms with E-state index in [-0.39, 0.29) is 18.3 Å². The van der Waals surface area contributed by atoms with Crippen LogP contribution < -0.4 is 16.4 Å². The van der Waals surface area contributed by atoms with Gasteiger partial charge < -0.3 is 26.6 Å². The second kappa shape index (κ2) is 11.5. The molecule has 0 spiro atoms. The standard InChI is InChI=1S/C17H31N3O6/c1-9(2)7-11(18)15(23)20-13(8-10(3)4)16(24)19-12(17(25)26)5-6-14(21)22/h9-13H,5-8,18H2,1-4H3,(H,19,24)(H,20,23)(H,21,22)(H,25,26)/t11-,12+,13+/m1/s1. The Morgan fingerprint density at radius 1 is 0.846 bits per heavy atom. The summed E-state index contributed by atoms with van der Waals surface area (Å²) in [6.07, 6.45) is 0.124. The highest BCUT2D eigenvalue weighted by Gasteiger charge is 2.28. The number of rotatable bonds is 12. The molecule has 0 aliphatic carbocycles. The fraction of sp³-hybridized carbons (Fsp3) is 0.765. The molecule has 9 nitrogen and oxygen atoms in total. The number of carbonyl (C=O) groups excluding carboxylic acids is 2. The van der Waals surface area contributed by atoms with Gasteiger partial charge in [0.05, 0.1) is 6.04 Å². The molecule has 0 heterocycles. The topological polar surface area (TPSA) is 159 Å². The van der Waals surface area contributed by atoms with E-state index in [1.807, 2.05) is 27.7 Å². The van der Waals surface area contributed by atoms with Crippen LogP contribution in [0.25, 0.3) is 0 Å². The first-order valence-corrected chi connectivity index (χ1v) is 8.74. The number of amides is 2. The van der Waals surface area contributed by atoms with Gasteiger partial charge in [0.2, 0.25) is 11.8 Å². The normalized spacial score (nSPS) is 14.6. The minimum Gasteiger partial charge on any atom is -0.481 e. The summed E-state index contributed by atoms with van der Waals surface area (Å²) in [4.78, 5) is 46.5. The van der Waals surface area contributed by atoms with Crippen LogP contribution in [-0.2, 0) is 19.2 Å². The van der Waals surface area contributed by atoms with E-state index in [1.165, 1.54) is 0 Å². The Kier molecular flexibility index (Phi) is 10.5. The van der Waals surface area contributed by atoms with Gasteiger partial charge in [0.15, 0.2) is 0 Å². The summed E-state index contributed by atoms with van der Waals surface area (Å²) >= 11 is 0. The van der Waals surface area contributed by atoms with Gasteiger partial charge in [-0.3, -0.25) is 14.4 Å². The Hall–Kier alpha value is -2.16. The summed E-state index contributed by atoms with van der Waals surface area (Å²) in [6, 6.07) is -3.04. The molecule has 0 saturated carbocycles. The maximum atomic E-state index is 12.4. The fourth-order valence-corrected chi connectivity index (χ4v) is 2.39. The Morgan fingerprint density at radius 2 is 1.35 bits per heavy atom. The molecule has 3 atom stereocenters. The van der Waals surface area contributed by atoms with Crippen molar-refractivity contribution in [3.63, 3.8) is 0 Å². The molecule has 0 bridgehead atoms. The van der Waals surface area contributed by atoms with Crippen LogP contribution in [0.4, 0.5) is 0 Å². The zero-order valence-corrected chi connectivity index (χ0v) is 15.8. The lowest BCUT2D eigenvalue weighted by atomic mass is 10.00. The van der Waals surface area contributed by atoms with Gasteiger partial charge in [-0.05, 0) is 31.1 Å². The number of hydrogen-bond donors (Lipinski definition) is 5. The zero-order chi connectivity index (χ0) is 20.4. The Morgan fingerprint density at radius 3 is 1.77 bits per heavy atom. The Bertz CT molecular complexity index is 507. The van der Waals surface area contributed by atoms with E-state index in [4.69, 9.17) is 15.9 Å². The highest BCUT2D eigenvalue weighted by molar-refractivity contribution is 5.91. The molecule has 0 aliphatic rings. The molecular formula is C17H31N3O6. The molecule has 150 valence electrons. The molecule has 6 N–H and O–H groups in total. The monoisotopic (exact) mass is 373 g/mol. The van der Waals surface area contributed by atoms with E-state index in [9.17, 15) is 19.2 Å². The van der Waals surface area contributed by atoms with Crippen LogP contribution in [0.3, 0.4) is 0 Å². The maximum absolute atomic E-state index is 12.4. The average Bonchev–Trinajstić information content (AvgIpc) is 2.48. The van der Waals surface area contributed by atoms with E-state index in [2.05, 4.69) is 10.6 Å². The van der Waals surface area contributed by atoms with Crippen molar-refractivity contribution in [2.24, 2.45) is 17.6 Å². The number of hydrogen-bond acceptors (Lipinski definition) is 5. The van der Waals surface area contributed by atoms with E-state index in [0.717, 1.165) is 0 Å². The third-order valence-corrected chi connectivity index (χ3v) is 3.66. The van der Waals surface area contributed by atoms with Crippen molar-refractivity contribution in [1.29, 1.82) is 0 Å². The first-order chi connectivity index (χ1) is 11.9. The SMILES string of the molecule is CC(C)C[C@@H](N)C(=O)N[C@@H](CC(C)C)C(=O)N[C@@H](CCC(=O)O)C(=O)O. The lowest BCUT2D eigenvalue weighted by molar-refractivity contribution is -0.143. The Labute approximate surface area is 153 Å². The van der Waals surface area contributed by atoms with Crippen molar-refractivity contribution in [3.8, 4) is 0 Å². The summed E-state index contributed by atoms with van der Waals surface area (Å²) in [6.45, 7) is 7.57. The predicted molar refractivity (Wildman–Crippen MR) is 95.3 cm³/mol. The molecule has 0 fully saturated rings. The lowest BCUT2D eigenvalue weighted by Gasteiger charge is -2.24. The van der Waals surface area contributed by atoms with Crippen molar-refractivity contribution in [2.75, 3.05) is 0 Å². The molecule has 0 saturated heterocycles. The number of aliphatic carboxylic acids is 2. The number of carbonyl (C=O) groups is 4. The molecule has 0 aliphatic heterocycles. The number of carboxylic acids is 2. The van der Waals surface area contributed by atoms with Gasteiger partial charge in [0.25, 0.3) is 0 Å². The second-order valence-corrected chi connectivity index (χ2v) is 7.26. The van der Waals surface area contributed by atoms with Gasteiger partial charge >= 0.3 is 11.9 Å². The van der Waals surface area contributed by atoms with Gasteiger partial charge in [0, 0.05) is 6.42 Å². The summed E-state index contributed by atoms with van der Waals surface area (Å²) in [7, 11) is 0. The van der Waals surface area contributed by atoms with Crippen molar-refractivity contribution in [3.05, 3.63) is 0 Å². The minimum absolute atomic E-state index is 0.0645. The van der Waals surface area contributed by atoms with Gasteiger partial charge in [-0.25, -0.2) is 4.79 Å². The molecule has 0 radical (unpaired) electrons. The molecule has 26 heavy (non-hydrogen) atoms. The molecule has 0 rings (SSSR count). The average molecular weight is 373 g/mol. The highest BCUT2D eigenvalue weighted by atomic mass is 16.4. The van der Waals surface area contributed by atoms with Crippen molar-refractivity contribution in [2.45, 2.75) is 71.5 Å². The van der Waals surface area contributed by atoms with E-state index in [1.54, 1.807) is 0 Å². The predicted octanol–water partition coefficient (Wildman–Crippen LogP) is 0.325. The van der Waals surface area contributed by atoms with Crippen LogP contribution in [0.5, 0.6) is 0 Å². The van der Waals surface area contributed by atoms with E-state index in [0.29, 0.717) is 12.8 Å². The Balaban J connectivity index is 5.02. The molecule has 0 aromatic carbocycles. The van der Waals surface area contributed by atoms with Crippen molar-refractivity contribution in [1.82, 2.24) is 10.6 Å². The molecule has 0 unspecified atom stereocenters. The van der Waals surface area contributed by atoms with Crippen LogP contribution in [-0.4, -0.2) is 52.1 Å². The largest absolute Gasteiger partial charge is 0.481 e. The lowest BCUT2D eigenvalue weighted by Crippen LogP contribution is -2.55. The first-order valence-electron chi connectivity index (χ1n) is 8.74. The number of nitrogens with one attached hydrogen (secondary N) is 2. The van der Waals surface area contributed by atoms with E-state index < -0.39 is 48.3 Å². The van der Waals surface area contributed by atoms with Gasteiger partial charge in [-0.15, -0.1) is 0 Å². The summed E-state index contributed by atoms with van der Waals surface area (Å²) in [5.74, 6) is -3.35. The quantitative estimate of drug-likeness (QED) is 0.329. The fourth-order valence-electron chi connectivity index (χ4n) is 2.39. The van der Waals surface area contributed by atoms with Crippen LogP contribution in [0.15, 0.2) is 0 Å². The number of nitrogens with two attached hydrogens (primary N) is 1. The summed E-state index contributed by atoms with van der Waals surface area (Å²) < 4.78 is 0. The van der Waals surface area contributed by atoms with Gasteiger partial charge in [-0.1, -0.05) is 27.7 Å². The maximum Gasteiger partial charge on any atom is 0.326 e. The third kappa shape index (κ3) is 9.97. The molecule has 2 amide bonds. The second-order valence-electron chi connectivity index (χ2n) is 7.26. The zero-order valence-electron chi connectivity index (χ0n) is 15.8. The van der Waals surface area contributed by atoms with Crippen LogP contribution >= 0.6 is 0 Å². The van der Waals surface area contributed by atoms with Crippen molar-refractivity contribution >= 4 is 23.8 Å². The highest BCUT2D eigenvalue weighted by Crippen LogP contribution is 2.09. The van der Waals surface area contributed by atoms with Gasteiger partial charge in [-0.2, -0.15) is 0 Å². The smallest absolute Gasteiger partial charge is 0.326 e. The minimum atomic E-state index is -1.34. The van der Waals surface area contributed by atoms with E-state index >= 15 is 0 Å². The summed E-state index contributed by atoms with van der Waals surface area (Å²) in [5.41, 5.74) is 5.82. The first kappa shape index (κ1) is 23.8. The molecular weight excluding hydrogens is 342 g/mol. The summed E-state index contributed by atoms with van der Waals surface area (Å²) in [5, 5.41) is 22.7. The van der Waals surface area contributed by atoms with Crippen LogP contribution in [0, 0.1) is 11.8 Å². The molecule has 0 aromatic rings. The van der Waals surface area contributed by atoms with Crippen LogP contribution in [0.1, 0.15) is 53.4 Å². The van der Waals surface area contributed by atoms with Crippen LogP contribution in [0.2, 0.25) is 0 Å². The third-order valence-electron chi connectivity index (χ3n) is 3.66. The molecule has 0 aromatic heterocycles. The number of carboxylic acid groups (broad SMARTS) is 2. The molecule has 9 heteroatoms.